The predicted octanol–water partition coefficient (Wildman–Crippen LogP) is 2.68. The van der Waals surface area contributed by atoms with Crippen LogP contribution < -0.4 is 0 Å². The Bertz CT molecular complexity index is 729. The van der Waals surface area contributed by atoms with E-state index in [9.17, 15) is 0 Å². The minimum atomic E-state index is 0.307. The van der Waals surface area contributed by atoms with Gasteiger partial charge in [-0.05, 0) is 38.6 Å². The van der Waals surface area contributed by atoms with Crippen molar-refractivity contribution in [1.82, 2.24) is 29.2 Å². The Labute approximate surface area is 136 Å². The maximum Gasteiger partial charge on any atom is 0.138 e. The van der Waals surface area contributed by atoms with Crippen molar-refractivity contribution in [2.24, 2.45) is 0 Å². The average Bonchev–Trinajstić information content (AvgIpc) is 3.25. The Morgan fingerprint density at radius 1 is 1.22 bits per heavy atom. The summed E-state index contributed by atoms with van der Waals surface area (Å²) >= 11 is 0. The highest BCUT2D eigenvalue weighted by atomic mass is 15.3. The normalized spacial score (nSPS) is 12.7. The van der Waals surface area contributed by atoms with E-state index in [1.165, 1.54) is 5.56 Å². The van der Waals surface area contributed by atoms with Gasteiger partial charge in [0.05, 0.1) is 12.2 Å². The molecule has 0 bridgehead atoms. The summed E-state index contributed by atoms with van der Waals surface area (Å²) in [4.78, 5) is 10.7. The number of imidazole rings is 1. The minimum absolute atomic E-state index is 0.307. The van der Waals surface area contributed by atoms with Gasteiger partial charge in [0.2, 0.25) is 0 Å². The van der Waals surface area contributed by atoms with Crippen molar-refractivity contribution < 1.29 is 0 Å². The van der Waals surface area contributed by atoms with Crippen LogP contribution in [-0.4, -0.2) is 36.3 Å². The van der Waals surface area contributed by atoms with Crippen molar-refractivity contribution in [2.75, 3.05) is 7.05 Å². The molecule has 0 saturated heterocycles. The highest BCUT2D eigenvalue weighted by molar-refractivity contribution is 5.34. The lowest BCUT2D eigenvalue weighted by Crippen LogP contribution is -2.24. The van der Waals surface area contributed by atoms with Gasteiger partial charge < -0.3 is 4.57 Å². The smallest absolute Gasteiger partial charge is 0.138 e. The fourth-order valence-electron chi connectivity index (χ4n) is 2.64. The Morgan fingerprint density at radius 2 is 2.00 bits per heavy atom. The van der Waals surface area contributed by atoms with Gasteiger partial charge in [-0.3, -0.25) is 4.90 Å². The molecule has 120 valence electrons. The molecule has 1 atom stereocenters. The molecule has 0 aliphatic carbocycles. The lowest BCUT2D eigenvalue weighted by molar-refractivity contribution is 0.243. The van der Waals surface area contributed by atoms with Crippen LogP contribution in [0, 0.1) is 0 Å². The number of hydrogen-bond donors (Lipinski definition) is 0. The predicted molar refractivity (Wildman–Crippen MR) is 89.1 cm³/mol. The van der Waals surface area contributed by atoms with E-state index in [4.69, 9.17) is 0 Å². The molecule has 0 N–H and O–H groups in total. The van der Waals surface area contributed by atoms with E-state index in [-0.39, 0.29) is 0 Å². The van der Waals surface area contributed by atoms with Crippen LogP contribution in [0.3, 0.4) is 0 Å². The maximum atomic E-state index is 4.45. The van der Waals surface area contributed by atoms with Crippen molar-refractivity contribution in [3.8, 4) is 5.69 Å². The Hall–Kier alpha value is -2.47. The van der Waals surface area contributed by atoms with Crippen LogP contribution in [0.2, 0.25) is 0 Å². The molecule has 0 fully saturated rings. The molecule has 6 heteroatoms. The van der Waals surface area contributed by atoms with E-state index < -0.39 is 0 Å². The van der Waals surface area contributed by atoms with Crippen LogP contribution >= 0.6 is 0 Å². The first-order valence-electron chi connectivity index (χ1n) is 7.84. The number of aromatic nitrogens is 5. The van der Waals surface area contributed by atoms with Crippen LogP contribution in [0.4, 0.5) is 0 Å². The molecule has 0 radical (unpaired) electrons. The van der Waals surface area contributed by atoms with Gasteiger partial charge in [-0.2, -0.15) is 5.10 Å². The minimum Gasteiger partial charge on any atom is -0.334 e. The summed E-state index contributed by atoms with van der Waals surface area (Å²) in [6, 6.07) is 8.74. The van der Waals surface area contributed by atoms with Crippen molar-refractivity contribution >= 4 is 0 Å². The van der Waals surface area contributed by atoms with Crippen LogP contribution in [0.15, 0.2) is 49.3 Å². The van der Waals surface area contributed by atoms with Gasteiger partial charge in [0.25, 0.3) is 0 Å². The second-order valence-corrected chi connectivity index (χ2v) is 5.65. The zero-order valence-electron chi connectivity index (χ0n) is 13.8. The first-order chi connectivity index (χ1) is 11.2. The summed E-state index contributed by atoms with van der Waals surface area (Å²) in [5.74, 6) is 1.10. The van der Waals surface area contributed by atoms with Crippen LogP contribution in [-0.2, 0) is 13.1 Å². The topological polar surface area (TPSA) is 51.8 Å². The molecule has 3 rings (SSSR count). The lowest BCUT2D eigenvalue weighted by atomic mass is 10.1. The van der Waals surface area contributed by atoms with Crippen molar-refractivity contribution in [1.29, 1.82) is 0 Å². The molecule has 23 heavy (non-hydrogen) atoms. The average molecular weight is 310 g/mol. The van der Waals surface area contributed by atoms with E-state index in [1.807, 2.05) is 12.4 Å². The molecular formula is C17H22N6. The largest absolute Gasteiger partial charge is 0.334 e. The molecule has 0 amide bonds. The van der Waals surface area contributed by atoms with Gasteiger partial charge in [0.15, 0.2) is 0 Å². The number of rotatable bonds is 6. The Morgan fingerprint density at radius 3 is 2.65 bits per heavy atom. The Kier molecular flexibility index (Phi) is 4.52. The van der Waals surface area contributed by atoms with Gasteiger partial charge in [-0.1, -0.05) is 12.1 Å². The molecule has 3 aromatic rings. The SMILES string of the molecule is CCn1ccnc1CN(C)[C@H](C)c1ccc(-n2cncn2)cc1. The first kappa shape index (κ1) is 15.4. The third kappa shape index (κ3) is 3.32. The zero-order valence-corrected chi connectivity index (χ0v) is 13.8. The second-order valence-electron chi connectivity index (χ2n) is 5.65. The standard InChI is InChI=1S/C17H22N6/c1-4-22-10-9-19-17(22)11-21(3)14(2)15-5-7-16(8-6-15)23-13-18-12-20-23/h5-10,12-14H,4,11H2,1-3H3/t14-/m1/s1. The molecular weight excluding hydrogens is 288 g/mol. The first-order valence-corrected chi connectivity index (χ1v) is 7.84. The van der Waals surface area contributed by atoms with E-state index in [0.717, 1.165) is 24.6 Å². The molecule has 0 aliphatic rings. The number of aryl methyl sites for hydroxylation is 1. The van der Waals surface area contributed by atoms with Crippen molar-refractivity contribution in [2.45, 2.75) is 33.0 Å². The summed E-state index contributed by atoms with van der Waals surface area (Å²) in [7, 11) is 2.13. The summed E-state index contributed by atoms with van der Waals surface area (Å²) in [5, 5.41) is 4.15. The number of nitrogens with zero attached hydrogens (tertiary/aromatic N) is 6. The van der Waals surface area contributed by atoms with Crippen LogP contribution in [0.25, 0.3) is 5.69 Å². The molecule has 0 saturated carbocycles. The summed E-state index contributed by atoms with van der Waals surface area (Å²) in [6.07, 6.45) is 7.14. The fourth-order valence-corrected chi connectivity index (χ4v) is 2.64. The summed E-state index contributed by atoms with van der Waals surface area (Å²) < 4.78 is 3.94. The number of hydrogen-bond acceptors (Lipinski definition) is 4. The van der Waals surface area contributed by atoms with Gasteiger partial charge in [-0.15, -0.1) is 0 Å². The van der Waals surface area contributed by atoms with Gasteiger partial charge in [0, 0.05) is 25.0 Å². The number of benzene rings is 1. The summed E-state index contributed by atoms with van der Waals surface area (Å²) in [5.41, 5.74) is 2.29. The van der Waals surface area contributed by atoms with E-state index >= 15 is 0 Å². The second kappa shape index (κ2) is 6.75. The van der Waals surface area contributed by atoms with E-state index in [1.54, 1.807) is 17.3 Å². The van der Waals surface area contributed by atoms with Crippen LogP contribution in [0.1, 0.15) is 31.3 Å². The third-order valence-corrected chi connectivity index (χ3v) is 4.25. The molecule has 0 unspecified atom stereocenters. The van der Waals surface area contributed by atoms with Gasteiger partial charge in [0.1, 0.15) is 18.5 Å². The van der Waals surface area contributed by atoms with E-state index in [0.29, 0.717) is 6.04 Å². The molecule has 2 aromatic heterocycles. The molecule has 6 nitrogen and oxygen atoms in total. The quantitative estimate of drug-likeness (QED) is 0.702. The fraction of sp³-hybridized carbons (Fsp3) is 0.353. The molecule has 2 heterocycles. The van der Waals surface area contributed by atoms with Crippen LogP contribution in [0.5, 0.6) is 0 Å². The van der Waals surface area contributed by atoms with Crippen molar-refractivity contribution in [3.63, 3.8) is 0 Å². The molecule has 0 aliphatic heterocycles. The lowest BCUT2D eigenvalue weighted by Gasteiger charge is -2.25. The Balaban J connectivity index is 1.70. The van der Waals surface area contributed by atoms with Gasteiger partial charge >= 0.3 is 0 Å². The monoisotopic (exact) mass is 310 g/mol. The highest BCUT2D eigenvalue weighted by Crippen LogP contribution is 2.21. The highest BCUT2D eigenvalue weighted by Gasteiger charge is 2.14. The maximum absolute atomic E-state index is 4.45. The molecule has 1 aromatic carbocycles. The molecule has 0 spiro atoms. The summed E-state index contributed by atoms with van der Waals surface area (Å²) in [6.45, 7) is 6.12. The van der Waals surface area contributed by atoms with Crippen molar-refractivity contribution in [3.05, 3.63) is 60.7 Å². The van der Waals surface area contributed by atoms with Gasteiger partial charge in [-0.25, -0.2) is 14.6 Å². The van der Waals surface area contributed by atoms with E-state index in [2.05, 4.69) is 69.7 Å². The third-order valence-electron chi connectivity index (χ3n) is 4.25. The zero-order chi connectivity index (χ0) is 16.2.